The molecule has 164 valence electrons. The number of furan rings is 1. The van der Waals surface area contributed by atoms with Crippen molar-refractivity contribution in [2.24, 2.45) is 5.92 Å². The van der Waals surface area contributed by atoms with Gasteiger partial charge in [-0.3, -0.25) is 9.36 Å². The number of thioether (sulfide) groups is 1. The predicted octanol–water partition coefficient (Wildman–Crippen LogP) is 5.03. The average Bonchev–Trinajstić information content (AvgIpc) is 3.44. The van der Waals surface area contributed by atoms with Crippen molar-refractivity contribution in [1.82, 2.24) is 19.7 Å². The molecule has 0 saturated heterocycles. The van der Waals surface area contributed by atoms with Crippen molar-refractivity contribution in [2.45, 2.75) is 50.7 Å². The number of carbonyl (C=O) groups excluding carboxylic acids is 1. The minimum absolute atomic E-state index is 0.139. The van der Waals surface area contributed by atoms with Gasteiger partial charge in [0.15, 0.2) is 11.0 Å². The van der Waals surface area contributed by atoms with Crippen LogP contribution in [0.5, 0.6) is 0 Å². The molecule has 6 nitrogen and oxygen atoms in total. The highest BCUT2D eigenvalue weighted by Gasteiger charge is 2.21. The Hall–Kier alpha value is -2.54. The van der Waals surface area contributed by atoms with E-state index in [4.69, 9.17) is 4.42 Å². The molecule has 1 aliphatic carbocycles. The molecule has 2 heterocycles. The first-order chi connectivity index (χ1) is 15.1. The van der Waals surface area contributed by atoms with Gasteiger partial charge in [-0.1, -0.05) is 55.3 Å². The molecule has 0 aliphatic heterocycles. The van der Waals surface area contributed by atoms with Crippen LogP contribution in [0.2, 0.25) is 0 Å². The maximum Gasteiger partial charge on any atom is 0.232 e. The number of benzene rings is 1. The third-order valence-electron chi connectivity index (χ3n) is 6.00. The van der Waals surface area contributed by atoms with Gasteiger partial charge < -0.3 is 9.32 Å². The summed E-state index contributed by atoms with van der Waals surface area (Å²) >= 11 is 1.45. The second-order valence-corrected chi connectivity index (χ2v) is 9.30. The van der Waals surface area contributed by atoms with E-state index in [0.29, 0.717) is 18.2 Å². The van der Waals surface area contributed by atoms with Crippen LogP contribution in [0.3, 0.4) is 0 Å². The zero-order valence-corrected chi connectivity index (χ0v) is 19.1. The molecule has 0 bridgehead atoms. The third-order valence-corrected chi connectivity index (χ3v) is 6.96. The van der Waals surface area contributed by atoms with E-state index in [0.717, 1.165) is 34.4 Å². The third kappa shape index (κ3) is 5.39. The zero-order valence-electron chi connectivity index (χ0n) is 18.3. The quantitative estimate of drug-likeness (QED) is 0.462. The van der Waals surface area contributed by atoms with Gasteiger partial charge in [0.05, 0.1) is 18.6 Å². The number of nitrogens with zero attached hydrogens (tertiary/aromatic N) is 4. The molecule has 3 aromatic rings. The van der Waals surface area contributed by atoms with E-state index in [1.165, 1.54) is 43.9 Å². The molecule has 1 saturated carbocycles. The monoisotopic (exact) mass is 438 g/mol. The molecular weight excluding hydrogens is 408 g/mol. The summed E-state index contributed by atoms with van der Waals surface area (Å²) in [5.41, 5.74) is 2.17. The van der Waals surface area contributed by atoms with E-state index < -0.39 is 0 Å². The first-order valence-electron chi connectivity index (χ1n) is 11.0. The van der Waals surface area contributed by atoms with Gasteiger partial charge in [-0.15, -0.1) is 10.2 Å². The van der Waals surface area contributed by atoms with Crippen LogP contribution in [0.15, 0.2) is 52.2 Å². The Kier molecular flexibility index (Phi) is 7.12. The van der Waals surface area contributed by atoms with Crippen molar-refractivity contribution in [3.05, 3.63) is 54.0 Å². The van der Waals surface area contributed by atoms with Gasteiger partial charge >= 0.3 is 0 Å². The van der Waals surface area contributed by atoms with Crippen LogP contribution < -0.4 is 0 Å². The van der Waals surface area contributed by atoms with Crippen LogP contribution in [-0.4, -0.2) is 44.9 Å². The van der Waals surface area contributed by atoms with Crippen LogP contribution >= 0.6 is 11.8 Å². The summed E-state index contributed by atoms with van der Waals surface area (Å²) in [6.45, 7) is 3.45. The standard InChI is InChI=1S/C24H30N4O2S/c1-18-9-6-7-13-21(18)23-25-26-24(28(23)16-20-12-8-14-30-20)31-17-22(29)27(2)15-19-10-4-3-5-11-19/h6-9,12-14,19H,3-5,10-11,15-17H2,1-2H3. The maximum absolute atomic E-state index is 12.8. The van der Waals surface area contributed by atoms with Gasteiger partial charge in [-0.05, 0) is 43.4 Å². The number of carbonyl (C=O) groups is 1. The van der Waals surface area contributed by atoms with Crippen molar-refractivity contribution in [1.29, 1.82) is 0 Å². The lowest BCUT2D eigenvalue weighted by molar-refractivity contribution is -0.127. The van der Waals surface area contributed by atoms with Crippen molar-refractivity contribution in [3.8, 4) is 11.4 Å². The minimum atomic E-state index is 0.139. The molecular formula is C24H30N4O2S. The van der Waals surface area contributed by atoms with Gasteiger partial charge in [0, 0.05) is 19.2 Å². The molecule has 0 atom stereocenters. The second kappa shape index (κ2) is 10.2. The van der Waals surface area contributed by atoms with E-state index in [9.17, 15) is 4.79 Å². The smallest absolute Gasteiger partial charge is 0.232 e. The zero-order chi connectivity index (χ0) is 21.6. The lowest BCUT2D eigenvalue weighted by atomic mass is 9.89. The number of rotatable bonds is 8. The van der Waals surface area contributed by atoms with E-state index in [1.54, 1.807) is 6.26 Å². The normalized spacial score (nSPS) is 14.6. The lowest BCUT2D eigenvalue weighted by Gasteiger charge is -2.27. The fourth-order valence-electron chi connectivity index (χ4n) is 4.21. The summed E-state index contributed by atoms with van der Waals surface area (Å²) in [7, 11) is 1.92. The number of hydrogen-bond acceptors (Lipinski definition) is 5. The summed E-state index contributed by atoms with van der Waals surface area (Å²) < 4.78 is 7.61. The maximum atomic E-state index is 12.8. The van der Waals surface area contributed by atoms with Crippen molar-refractivity contribution in [2.75, 3.05) is 19.3 Å². The van der Waals surface area contributed by atoms with Crippen molar-refractivity contribution >= 4 is 17.7 Å². The van der Waals surface area contributed by atoms with E-state index in [2.05, 4.69) is 29.3 Å². The summed E-state index contributed by atoms with van der Waals surface area (Å²) in [4.78, 5) is 14.7. The Balaban J connectivity index is 1.48. The predicted molar refractivity (Wildman–Crippen MR) is 123 cm³/mol. The first-order valence-corrected chi connectivity index (χ1v) is 12.0. The van der Waals surface area contributed by atoms with Gasteiger partial charge in [-0.2, -0.15) is 0 Å². The largest absolute Gasteiger partial charge is 0.467 e. The molecule has 0 N–H and O–H groups in total. The van der Waals surface area contributed by atoms with Crippen LogP contribution in [0.4, 0.5) is 0 Å². The highest BCUT2D eigenvalue weighted by atomic mass is 32.2. The van der Waals surface area contributed by atoms with E-state index in [1.807, 2.05) is 40.8 Å². The molecule has 2 aromatic heterocycles. The van der Waals surface area contributed by atoms with Crippen LogP contribution in [-0.2, 0) is 11.3 Å². The average molecular weight is 439 g/mol. The van der Waals surface area contributed by atoms with Crippen LogP contribution in [0.1, 0.15) is 43.4 Å². The highest BCUT2D eigenvalue weighted by Crippen LogP contribution is 2.28. The molecule has 1 aliphatic rings. The number of amides is 1. The van der Waals surface area contributed by atoms with Crippen molar-refractivity contribution in [3.63, 3.8) is 0 Å². The Labute approximate surface area is 188 Å². The summed E-state index contributed by atoms with van der Waals surface area (Å²) in [5, 5.41) is 9.63. The second-order valence-electron chi connectivity index (χ2n) is 8.35. The Bertz CT molecular complexity index is 993. The summed E-state index contributed by atoms with van der Waals surface area (Å²) in [5.74, 6) is 2.76. The molecule has 0 unspecified atom stereocenters. The SMILES string of the molecule is Cc1ccccc1-c1nnc(SCC(=O)N(C)CC2CCCCC2)n1Cc1ccco1. The summed E-state index contributed by atoms with van der Waals surface area (Å²) in [6, 6.07) is 12.0. The van der Waals surface area contributed by atoms with Gasteiger partial charge in [0.1, 0.15) is 5.76 Å². The lowest BCUT2D eigenvalue weighted by Crippen LogP contribution is -2.33. The molecule has 0 spiro atoms. The topological polar surface area (TPSA) is 64.2 Å². The molecule has 1 fully saturated rings. The first kappa shape index (κ1) is 21.7. The van der Waals surface area contributed by atoms with E-state index in [-0.39, 0.29) is 5.91 Å². The minimum Gasteiger partial charge on any atom is -0.467 e. The van der Waals surface area contributed by atoms with Gasteiger partial charge in [-0.25, -0.2) is 0 Å². The van der Waals surface area contributed by atoms with Gasteiger partial charge in [0.2, 0.25) is 5.91 Å². The van der Waals surface area contributed by atoms with Gasteiger partial charge in [0.25, 0.3) is 0 Å². The highest BCUT2D eigenvalue weighted by molar-refractivity contribution is 7.99. The molecule has 1 amide bonds. The van der Waals surface area contributed by atoms with Crippen LogP contribution in [0, 0.1) is 12.8 Å². The van der Waals surface area contributed by atoms with Crippen LogP contribution in [0.25, 0.3) is 11.4 Å². The number of aryl methyl sites for hydroxylation is 1. The fraction of sp³-hybridized carbons (Fsp3) is 0.458. The summed E-state index contributed by atoms with van der Waals surface area (Å²) in [6.07, 6.45) is 8.06. The molecule has 31 heavy (non-hydrogen) atoms. The van der Waals surface area contributed by atoms with Crippen molar-refractivity contribution < 1.29 is 9.21 Å². The number of hydrogen-bond donors (Lipinski definition) is 0. The van der Waals surface area contributed by atoms with E-state index >= 15 is 0 Å². The number of aromatic nitrogens is 3. The Morgan fingerprint density at radius 1 is 1.16 bits per heavy atom. The Morgan fingerprint density at radius 3 is 2.71 bits per heavy atom. The fourth-order valence-corrected chi connectivity index (χ4v) is 5.09. The molecule has 0 radical (unpaired) electrons. The molecule has 7 heteroatoms. The molecule has 4 rings (SSSR count). The molecule has 1 aromatic carbocycles. The Morgan fingerprint density at radius 2 is 1.97 bits per heavy atom.